The standard InChI is InChI=1S/C13H8N2S/c1-2-4-11-8(3-1)10-7-15-13-9(5-6-14-13)12(10)16-11/h1-7H,(H,14,15). The zero-order valence-electron chi connectivity index (χ0n) is 8.40. The van der Waals surface area contributed by atoms with Crippen LogP contribution in [-0.2, 0) is 0 Å². The summed E-state index contributed by atoms with van der Waals surface area (Å²) in [6.07, 6.45) is 3.91. The average Bonchev–Trinajstić information content (AvgIpc) is 2.92. The Balaban J connectivity index is 2.38. The van der Waals surface area contributed by atoms with Gasteiger partial charge in [-0.1, -0.05) is 18.2 Å². The second-order valence-electron chi connectivity index (χ2n) is 3.84. The van der Waals surface area contributed by atoms with Gasteiger partial charge in [0.05, 0.1) is 0 Å². The summed E-state index contributed by atoms with van der Waals surface area (Å²) in [5, 5.41) is 3.78. The largest absolute Gasteiger partial charge is 0.346 e. The minimum absolute atomic E-state index is 0.971. The number of nitrogens with zero attached hydrogens (tertiary/aromatic N) is 1. The van der Waals surface area contributed by atoms with Crippen LogP contribution in [0.2, 0.25) is 0 Å². The summed E-state index contributed by atoms with van der Waals surface area (Å²) in [5.74, 6) is 0. The van der Waals surface area contributed by atoms with Crippen molar-refractivity contribution in [3.8, 4) is 0 Å². The Labute approximate surface area is 95.5 Å². The molecular formula is C13H8N2S. The molecular weight excluding hydrogens is 216 g/mol. The Bertz CT molecular complexity index is 810. The topological polar surface area (TPSA) is 28.7 Å². The molecule has 0 aliphatic rings. The zero-order chi connectivity index (χ0) is 10.5. The minimum Gasteiger partial charge on any atom is -0.346 e. The van der Waals surface area contributed by atoms with Crippen molar-refractivity contribution in [3.05, 3.63) is 42.7 Å². The van der Waals surface area contributed by atoms with E-state index in [2.05, 4.69) is 40.3 Å². The number of aromatic amines is 1. The third-order valence-corrected chi connectivity index (χ3v) is 4.15. The van der Waals surface area contributed by atoms with Crippen molar-refractivity contribution in [2.24, 2.45) is 0 Å². The fourth-order valence-electron chi connectivity index (χ4n) is 2.17. The third-order valence-electron chi connectivity index (χ3n) is 2.93. The highest BCUT2D eigenvalue weighted by Gasteiger charge is 2.08. The molecule has 0 aliphatic heterocycles. The maximum atomic E-state index is 4.44. The summed E-state index contributed by atoms with van der Waals surface area (Å²) in [5.41, 5.74) is 0.971. The second-order valence-corrected chi connectivity index (χ2v) is 4.89. The van der Waals surface area contributed by atoms with E-state index in [-0.39, 0.29) is 0 Å². The maximum Gasteiger partial charge on any atom is 0.138 e. The lowest BCUT2D eigenvalue weighted by Crippen LogP contribution is -1.74. The number of hydrogen-bond acceptors (Lipinski definition) is 2. The summed E-state index contributed by atoms with van der Waals surface area (Å²) in [6, 6.07) is 10.6. The van der Waals surface area contributed by atoms with E-state index in [1.807, 2.05) is 23.7 Å². The second kappa shape index (κ2) is 2.83. The highest BCUT2D eigenvalue weighted by atomic mass is 32.1. The van der Waals surface area contributed by atoms with Crippen LogP contribution in [0.3, 0.4) is 0 Å². The van der Waals surface area contributed by atoms with Crippen LogP contribution in [-0.4, -0.2) is 9.97 Å². The molecule has 0 atom stereocenters. The third kappa shape index (κ3) is 0.933. The van der Waals surface area contributed by atoms with Gasteiger partial charge < -0.3 is 4.98 Å². The molecule has 4 rings (SSSR count). The molecule has 76 valence electrons. The predicted molar refractivity (Wildman–Crippen MR) is 69.0 cm³/mol. The number of hydrogen-bond donors (Lipinski definition) is 1. The predicted octanol–water partition coefficient (Wildman–Crippen LogP) is 3.93. The van der Waals surface area contributed by atoms with Gasteiger partial charge in [0.1, 0.15) is 5.65 Å². The number of aromatic nitrogens is 2. The molecule has 0 saturated carbocycles. The number of thiophene rings is 1. The first-order valence-corrected chi connectivity index (χ1v) is 5.98. The summed E-state index contributed by atoms with van der Waals surface area (Å²) < 4.78 is 2.65. The number of H-pyrrole nitrogens is 1. The number of benzene rings is 1. The molecule has 0 fully saturated rings. The Morgan fingerprint density at radius 2 is 1.94 bits per heavy atom. The first kappa shape index (κ1) is 8.30. The van der Waals surface area contributed by atoms with Crippen molar-refractivity contribution in [2.75, 3.05) is 0 Å². The Morgan fingerprint density at radius 1 is 1.00 bits per heavy atom. The summed E-state index contributed by atoms with van der Waals surface area (Å²) in [4.78, 5) is 7.59. The fraction of sp³-hybridized carbons (Fsp3) is 0. The van der Waals surface area contributed by atoms with Gasteiger partial charge in [-0.25, -0.2) is 4.98 Å². The highest BCUT2D eigenvalue weighted by Crippen LogP contribution is 2.36. The summed E-state index contributed by atoms with van der Waals surface area (Å²) >= 11 is 1.84. The lowest BCUT2D eigenvalue weighted by Gasteiger charge is -1.92. The molecule has 0 unspecified atom stereocenters. The minimum atomic E-state index is 0.971. The average molecular weight is 224 g/mol. The quantitative estimate of drug-likeness (QED) is 0.481. The van der Waals surface area contributed by atoms with Gasteiger partial charge in [-0.05, 0) is 12.1 Å². The van der Waals surface area contributed by atoms with Crippen LogP contribution in [0, 0.1) is 0 Å². The van der Waals surface area contributed by atoms with E-state index >= 15 is 0 Å². The van der Waals surface area contributed by atoms with Crippen molar-refractivity contribution in [3.63, 3.8) is 0 Å². The van der Waals surface area contributed by atoms with Gasteiger partial charge in [0.15, 0.2) is 0 Å². The van der Waals surface area contributed by atoms with E-state index in [1.54, 1.807) is 0 Å². The van der Waals surface area contributed by atoms with Crippen LogP contribution in [0.5, 0.6) is 0 Å². The van der Waals surface area contributed by atoms with Gasteiger partial charge in [-0.2, -0.15) is 0 Å². The number of rotatable bonds is 0. The van der Waals surface area contributed by atoms with Crippen LogP contribution in [0.25, 0.3) is 31.2 Å². The van der Waals surface area contributed by atoms with Crippen molar-refractivity contribution in [1.29, 1.82) is 0 Å². The lowest BCUT2D eigenvalue weighted by atomic mass is 10.2. The molecule has 1 N–H and O–H groups in total. The molecule has 3 heterocycles. The lowest BCUT2D eigenvalue weighted by molar-refractivity contribution is 1.34. The molecule has 3 aromatic heterocycles. The molecule has 0 aliphatic carbocycles. The molecule has 0 amide bonds. The van der Waals surface area contributed by atoms with Crippen molar-refractivity contribution < 1.29 is 0 Å². The number of nitrogens with one attached hydrogen (secondary N) is 1. The molecule has 0 radical (unpaired) electrons. The van der Waals surface area contributed by atoms with Gasteiger partial charge in [0.2, 0.25) is 0 Å². The monoisotopic (exact) mass is 224 g/mol. The number of pyridine rings is 1. The van der Waals surface area contributed by atoms with E-state index in [1.165, 1.54) is 25.6 Å². The van der Waals surface area contributed by atoms with E-state index < -0.39 is 0 Å². The summed E-state index contributed by atoms with van der Waals surface area (Å²) in [6.45, 7) is 0. The van der Waals surface area contributed by atoms with Crippen LogP contribution >= 0.6 is 11.3 Å². The van der Waals surface area contributed by atoms with Crippen molar-refractivity contribution in [2.45, 2.75) is 0 Å². The molecule has 1 aromatic carbocycles. The fourth-order valence-corrected chi connectivity index (χ4v) is 3.38. The first-order chi connectivity index (χ1) is 7.93. The molecule has 0 bridgehead atoms. The van der Waals surface area contributed by atoms with Crippen LogP contribution < -0.4 is 0 Å². The SMILES string of the molecule is c1ccc2c(c1)sc1c3cc[nH]c3ncc21. The van der Waals surface area contributed by atoms with Crippen LogP contribution in [0.15, 0.2) is 42.7 Å². The van der Waals surface area contributed by atoms with Crippen molar-refractivity contribution in [1.82, 2.24) is 9.97 Å². The Morgan fingerprint density at radius 3 is 2.94 bits per heavy atom. The normalized spacial score (nSPS) is 11.8. The molecule has 0 spiro atoms. The van der Waals surface area contributed by atoms with Gasteiger partial charge in [0, 0.05) is 38.0 Å². The Kier molecular flexibility index (Phi) is 1.47. The van der Waals surface area contributed by atoms with Crippen molar-refractivity contribution >= 4 is 42.5 Å². The zero-order valence-corrected chi connectivity index (χ0v) is 9.21. The summed E-state index contributed by atoms with van der Waals surface area (Å²) in [7, 11) is 0. The van der Waals surface area contributed by atoms with Gasteiger partial charge in [0.25, 0.3) is 0 Å². The Hall–Kier alpha value is -1.87. The molecule has 16 heavy (non-hydrogen) atoms. The first-order valence-electron chi connectivity index (χ1n) is 5.17. The molecule has 4 aromatic rings. The van der Waals surface area contributed by atoms with E-state index in [9.17, 15) is 0 Å². The molecule has 2 nitrogen and oxygen atoms in total. The van der Waals surface area contributed by atoms with E-state index in [0.29, 0.717) is 0 Å². The van der Waals surface area contributed by atoms with Crippen LogP contribution in [0.4, 0.5) is 0 Å². The highest BCUT2D eigenvalue weighted by molar-refractivity contribution is 7.26. The van der Waals surface area contributed by atoms with Gasteiger partial charge >= 0.3 is 0 Å². The van der Waals surface area contributed by atoms with Gasteiger partial charge in [-0.3, -0.25) is 0 Å². The molecule has 3 heteroatoms. The van der Waals surface area contributed by atoms with Crippen LogP contribution in [0.1, 0.15) is 0 Å². The van der Waals surface area contributed by atoms with Gasteiger partial charge in [-0.15, -0.1) is 11.3 Å². The number of fused-ring (bicyclic) bond motifs is 5. The van der Waals surface area contributed by atoms with E-state index in [4.69, 9.17) is 0 Å². The smallest absolute Gasteiger partial charge is 0.138 e. The van der Waals surface area contributed by atoms with E-state index in [0.717, 1.165) is 5.65 Å². The molecule has 0 saturated heterocycles. The maximum absolute atomic E-state index is 4.44.